The molecule has 2 aromatic heterocycles. The molecule has 0 aliphatic heterocycles. The highest BCUT2D eigenvalue weighted by atomic mass is 16.1. The second-order valence-electron chi connectivity index (χ2n) is 4.17. The van der Waals surface area contributed by atoms with Crippen molar-refractivity contribution < 1.29 is 4.79 Å². The summed E-state index contributed by atoms with van der Waals surface area (Å²) in [5.74, 6) is 0.0994. The Morgan fingerprint density at radius 3 is 2.67 bits per heavy atom. The van der Waals surface area contributed by atoms with Crippen molar-refractivity contribution in [3.8, 4) is 0 Å². The second kappa shape index (κ2) is 4.45. The molecule has 0 unspecified atom stereocenters. The lowest BCUT2D eigenvalue weighted by Crippen LogP contribution is -2.02. The number of hydrogen-bond acceptors (Lipinski definition) is 2. The average Bonchev–Trinajstić information content (AvgIpc) is 2.84. The van der Waals surface area contributed by atoms with E-state index < -0.39 is 0 Å². The first kappa shape index (κ1) is 10.7. The van der Waals surface area contributed by atoms with Crippen LogP contribution in [0.25, 0.3) is 5.52 Å². The first-order valence-electron chi connectivity index (χ1n) is 5.84. The van der Waals surface area contributed by atoms with Crippen LogP contribution in [0.1, 0.15) is 15.9 Å². The predicted molar refractivity (Wildman–Crippen MR) is 69.7 cm³/mol. The first-order chi connectivity index (χ1) is 8.84. The quantitative estimate of drug-likeness (QED) is 0.655. The third kappa shape index (κ3) is 1.91. The highest BCUT2D eigenvalue weighted by Crippen LogP contribution is 2.13. The minimum atomic E-state index is 0.0994. The summed E-state index contributed by atoms with van der Waals surface area (Å²) in [4.78, 5) is 12.2. The van der Waals surface area contributed by atoms with Crippen LogP contribution < -0.4 is 0 Å². The molecule has 3 aromatic rings. The van der Waals surface area contributed by atoms with E-state index in [1.165, 1.54) is 0 Å². The fourth-order valence-electron chi connectivity index (χ4n) is 2.03. The molecule has 88 valence electrons. The molecule has 3 heteroatoms. The van der Waals surface area contributed by atoms with Gasteiger partial charge in [0.15, 0.2) is 5.78 Å². The molecule has 3 nitrogen and oxygen atoms in total. The number of nitrogens with zero attached hydrogens (tertiary/aromatic N) is 2. The Bertz CT molecular complexity index is 686. The van der Waals surface area contributed by atoms with E-state index in [2.05, 4.69) is 5.10 Å². The van der Waals surface area contributed by atoms with Crippen LogP contribution in [0, 0.1) is 0 Å². The van der Waals surface area contributed by atoms with Crippen LogP contribution in [0.15, 0.2) is 60.9 Å². The molecule has 2 heterocycles. The van der Waals surface area contributed by atoms with Crippen molar-refractivity contribution in [2.45, 2.75) is 6.42 Å². The van der Waals surface area contributed by atoms with Crippen LogP contribution in [0.5, 0.6) is 0 Å². The highest BCUT2D eigenvalue weighted by molar-refractivity contribution is 6.03. The van der Waals surface area contributed by atoms with Crippen LogP contribution >= 0.6 is 0 Å². The molecule has 0 bridgehead atoms. The molecule has 0 N–H and O–H groups in total. The van der Waals surface area contributed by atoms with Crippen LogP contribution in [0.4, 0.5) is 0 Å². The smallest absolute Gasteiger partial charge is 0.171 e. The van der Waals surface area contributed by atoms with E-state index in [-0.39, 0.29) is 5.78 Å². The number of fused-ring (bicyclic) bond motifs is 1. The van der Waals surface area contributed by atoms with E-state index in [9.17, 15) is 4.79 Å². The molecule has 0 atom stereocenters. The van der Waals surface area contributed by atoms with Crippen molar-refractivity contribution in [3.05, 3.63) is 72.1 Å². The normalized spacial score (nSPS) is 10.7. The lowest BCUT2D eigenvalue weighted by molar-refractivity contribution is 0.0994. The SMILES string of the molecule is O=C(Cc1ccccc1)c1cnn2ccccc12. The number of hydrogen-bond donors (Lipinski definition) is 0. The summed E-state index contributed by atoms with van der Waals surface area (Å²) in [6.07, 6.45) is 3.90. The Balaban J connectivity index is 1.93. The standard InChI is InChI=1S/C15H12N2O/c18-15(10-12-6-2-1-3-7-12)13-11-16-17-9-5-4-8-14(13)17/h1-9,11H,10H2. The summed E-state index contributed by atoms with van der Waals surface area (Å²) in [5.41, 5.74) is 2.57. The summed E-state index contributed by atoms with van der Waals surface area (Å²) < 4.78 is 1.72. The van der Waals surface area contributed by atoms with E-state index in [0.29, 0.717) is 12.0 Å². The van der Waals surface area contributed by atoms with Gasteiger partial charge in [0.1, 0.15) is 0 Å². The summed E-state index contributed by atoms with van der Waals surface area (Å²) in [5, 5.41) is 4.18. The molecule has 0 radical (unpaired) electrons. The largest absolute Gasteiger partial charge is 0.294 e. The van der Waals surface area contributed by atoms with Crippen LogP contribution in [-0.2, 0) is 6.42 Å². The van der Waals surface area contributed by atoms with Gasteiger partial charge in [-0.15, -0.1) is 0 Å². The van der Waals surface area contributed by atoms with Crippen molar-refractivity contribution in [1.82, 2.24) is 9.61 Å². The molecule has 0 spiro atoms. The summed E-state index contributed by atoms with van der Waals surface area (Å²) in [6, 6.07) is 15.5. The molecule has 18 heavy (non-hydrogen) atoms. The Labute approximate surface area is 105 Å². The molecule has 0 aliphatic carbocycles. The minimum absolute atomic E-state index is 0.0994. The van der Waals surface area contributed by atoms with E-state index in [1.54, 1.807) is 10.7 Å². The predicted octanol–water partition coefficient (Wildman–Crippen LogP) is 2.76. The van der Waals surface area contributed by atoms with Gasteiger partial charge in [0.2, 0.25) is 0 Å². The number of Topliss-reactive ketones (excluding diaryl/α,β-unsaturated/α-hetero) is 1. The first-order valence-corrected chi connectivity index (χ1v) is 5.84. The van der Waals surface area contributed by atoms with Crippen molar-refractivity contribution in [1.29, 1.82) is 0 Å². The molecule has 0 saturated heterocycles. The zero-order chi connectivity index (χ0) is 12.4. The lowest BCUT2D eigenvalue weighted by Gasteiger charge is -1.99. The zero-order valence-corrected chi connectivity index (χ0v) is 9.78. The van der Waals surface area contributed by atoms with Gasteiger partial charge in [-0.2, -0.15) is 5.10 Å². The molecular formula is C15H12N2O. The monoisotopic (exact) mass is 236 g/mol. The van der Waals surface area contributed by atoms with E-state index in [0.717, 1.165) is 11.1 Å². The molecule has 0 fully saturated rings. The van der Waals surface area contributed by atoms with Crippen molar-refractivity contribution in [3.63, 3.8) is 0 Å². The van der Waals surface area contributed by atoms with Gasteiger partial charge >= 0.3 is 0 Å². The Kier molecular flexibility index (Phi) is 2.65. The topological polar surface area (TPSA) is 34.4 Å². The summed E-state index contributed by atoms with van der Waals surface area (Å²) in [6.45, 7) is 0. The van der Waals surface area contributed by atoms with Crippen LogP contribution in [-0.4, -0.2) is 15.4 Å². The number of pyridine rings is 1. The maximum atomic E-state index is 12.2. The van der Waals surface area contributed by atoms with E-state index in [4.69, 9.17) is 0 Å². The van der Waals surface area contributed by atoms with E-state index >= 15 is 0 Å². The number of benzene rings is 1. The fraction of sp³-hybridized carbons (Fsp3) is 0.0667. The lowest BCUT2D eigenvalue weighted by atomic mass is 10.0. The molecular weight excluding hydrogens is 224 g/mol. The van der Waals surface area contributed by atoms with Crippen LogP contribution in [0.3, 0.4) is 0 Å². The highest BCUT2D eigenvalue weighted by Gasteiger charge is 2.12. The second-order valence-corrected chi connectivity index (χ2v) is 4.17. The van der Waals surface area contributed by atoms with Gasteiger partial charge in [-0.1, -0.05) is 36.4 Å². The minimum Gasteiger partial charge on any atom is -0.294 e. The third-order valence-electron chi connectivity index (χ3n) is 2.93. The van der Waals surface area contributed by atoms with Gasteiger partial charge in [0.25, 0.3) is 0 Å². The number of carbonyl (C=O) groups is 1. The van der Waals surface area contributed by atoms with E-state index in [1.807, 2.05) is 54.7 Å². The van der Waals surface area contributed by atoms with Crippen molar-refractivity contribution in [2.24, 2.45) is 0 Å². The van der Waals surface area contributed by atoms with Gasteiger partial charge in [0.05, 0.1) is 17.3 Å². The van der Waals surface area contributed by atoms with Gasteiger partial charge in [-0.25, -0.2) is 4.52 Å². The Hall–Kier alpha value is -2.42. The van der Waals surface area contributed by atoms with Gasteiger partial charge in [-0.3, -0.25) is 4.79 Å². The number of rotatable bonds is 3. The maximum Gasteiger partial charge on any atom is 0.171 e. The zero-order valence-electron chi connectivity index (χ0n) is 9.78. The van der Waals surface area contributed by atoms with Gasteiger partial charge in [-0.05, 0) is 17.7 Å². The fourth-order valence-corrected chi connectivity index (χ4v) is 2.03. The number of ketones is 1. The number of carbonyl (C=O) groups excluding carboxylic acids is 1. The molecule has 0 amide bonds. The molecule has 1 aromatic carbocycles. The maximum absolute atomic E-state index is 12.2. The molecule has 0 aliphatic rings. The van der Waals surface area contributed by atoms with Gasteiger partial charge in [0, 0.05) is 12.6 Å². The Morgan fingerprint density at radius 1 is 1.06 bits per heavy atom. The van der Waals surface area contributed by atoms with Crippen molar-refractivity contribution in [2.75, 3.05) is 0 Å². The average molecular weight is 236 g/mol. The summed E-state index contributed by atoms with van der Waals surface area (Å²) >= 11 is 0. The molecule has 0 saturated carbocycles. The molecule has 3 rings (SSSR count). The number of aromatic nitrogens is 2. The third-order valence-corrected chi connectivity index (χ3v) is 2.93. The van der Waals surface area contributed by atoms with Gasteiger partial charge < -0.3 is 0 Å². The van der Waals surface area contributed by atoms with Crippen LogP contribution in [0.2, 0.25) is 0 Å². The van der Waals surface area contributed by atoms with Crippen molar-refractivity contribution >= 4 is 11.3 Å². The summed E-state index contributed by atoms with van der Waals surface area (Å²) in [7, 11) is 0. The Morgan fingerprint density at radius 2 is 1.83 bits per heavy atom.